The first-order valence-corrected chi connectivity index (χ1v) is 12.5. The summed E-state index contributed by atoms with van der Waals surface area (Å²) < 4.78 is 0. The Kier molecular flexibility index (Phi) is 6.96. The van der Waals surface area contributed by atoms with Crippen molar-refractivity contribution in [1.82, 2.24) is 14.9 Å². The molecule has 0 aliphatic carbocycles. The number of aryl methyl sites for hydroxylation is 1. The fourth-order valence-corrected chi connectivity index (χ4v) is 4.78. The lowest BCUT2D eigenvalue weighted by Crippen LogP contribution is -2.35. The van der Waals surface area contributed by atoms with Gasteiger partial charge in [-0.1, -0.05) is 48.0 Å². The molecule has 0 saturated heterocycles. The van der Waals surface area contributed by atoms with Crippen LogP contribution < -0.4 is 0 Å². The second-order valence-corrected chi connectivity index (χ2v) is 9.51. The molecular formula is C29H26ClN3O3. The van der Waals surface area contributed by atoms with E-state index in [1.165, 1.54) is 11.1 Å². The molecule has 1 aromatic heterocycles. The molecule has 1 aliphatic rings. The predicted octanol–water partition coefficient (Wildman–Crippen LogP) is 5.95. The Labute approximate surface area is 214 Å². The Balaban J connectivity index is 1.45. The highest BCUT2D eigenvalue weighted by Gasteiger charge is 2.22. The Morgan fingerprint density at radius 2 is 1.69 bits per heavy atom. The first-order chi connectivity index (χ1) is 17.5. The third-order valence-corrected chi connectivity index (χ3v) is 6.83. The van der Waals surface area contributed by atoms with E-state index in [-0.39, 0.29) is 12.3 Å². The van der Waals surface area contributed by atoms with E-state index in [9.17, 15) is 9.59 Å². The highest BCUT2D eigenvalue weighted by atomic mass is 35.5. The van der Waals surface area contributed by atoms with Gasteiger partial charge in [0, 0.05) is 35.7 Å². The zero-order valence-electron chi connectivity index (χ0n) is 19.8. The molecule has 2 heterocycles. The molecule has 4 aromatic rings. The number of benzene rings is 3. The summed E-state index contributed by atoms with van der Waals surface area (Å²) in [6.07, 6.45) is 2.80. The summed E-state index contributed by atoms with van der Waals surface area (Å²) in [7, 11) is 0. The molecule has 0 bridgehead atoms. The largest absolute Gasteiger partial charge is 0.481 e. The summed E-state index contributed by atoms with van der Waals surface area (Å²) >= 11 is 6.08. The monoisotopic (exact) mass is 499 g/mol. The maximum atomic E-state index is 13.3. The van der Waals surface area contributed by atoms with Crippen molar-refractivity contribution in [3.05, 3.63) is 94.1 Å². The number of fused-ring (bicyclic) bond motifs is 2. The summed E-state index contributed by atoms with van der Waals surface area (Å²) in [6, 6.07) is 21.2. The number of rotatable bonds is 7. The van der Waals surface area contributed by atoms with Crippen LogP contribution in [-0.4, -0.2) is 38.4 Å². The first kappa shape index (κ1) is 23.9. The minimum atomic E-state index is -0.805. The number of hydrogen-bond acceptors (Lipinski definition) is 4. The van der Waals surface area contributed by atoms with Gasteiger partial charge in [0.1, 0.15) is 0 Å². The summed E-state index contributed by atoms with van der Waals surface area (Å²) in [4.78, 5) is 35.9. The lowest BCUT2D eigenvalue weighted by Gasteiger charge is -2.29. The third kappa shape index (κ3) is 5.24. The molecule has 5 rings (SSSR count). The van der Waals surface area contributed by atoms with Crippen molar-refractivity contribution in [3.8, 4) is 11.3 Å². The van der Waals surface area contributed by atoms with Gasteiger partial charge in [-0.2, -0.15) is 0 Å². The van der Waals surface area contributed by atoms with Crippen molar-refractivity contribution in [3.63, 3.8) is 0 Å². The first-order valence-electron chi connectivity index (χ1n) is 12.1. The number of aromatic nitrogens is 2. The zero-order chi connectivity index (χ0) is 25.1. The second-order valence-electron chi connectivity index (χ2n) is 9.08. The Morgan fingerprint density at radius 3 is 2.47 bits per heavy atom. The van der Waals surface area contributed by atoms with Crippen LogP contribution in [0.2, 0.25) is 5.02 Å². The minimum absolute atomic E-state index is 0.0158. The van der Waals surface area contributed by atoms with Crippen LogP contribution in [0.5, 0.6) is 0 Å². The van der Waals surface area contributed by atoms with Gasteiger partial charge >= 0.3 is 5.97 Å². The Hall–Kier alpha value is -3.77. The molecule has 1 amide bonds. The van der Waals surface area contributed by atoms with Gasteiger partial charge in [-0.3, -0.25) is 9.59 Å². The standard InChI is InChI=1S/C29H26ClN3O3/c30-23-12-9-20(10-13-23)28-25(7-3-4-8-27(34)35)31-26-17-21(11-14-24(26)32-28)29(36)33-16-15-19-5-1-2-6-22(19)18-33/h1-2,5-6,9-14,17H,3-4,7-8,15-16,18H2,(H,34,35). The third-order valence-electron chi connectivity index (χ3n) is 6.57. The van der Waals surface area contributed by atoms with Crippen LogP contribution in [0.4, 0.5) is 0 Å². The number of carboxylic acids is 1. The average Bonchev–Trinajstić information content (AvgIpc) is 2.90. The summed E-state index contributed by atoms with van der Waals surface area (Å²) in [5.41, 5.74) is 6.87. The van der Waals surface area contributed by atoms with Crippen molar-refractivity contribution in [2.45, 2.75) is 38.6 Å². The number of carbonyl (C=O) groups excluding carboxylic acids is 1. The summed E-state index contributed by atoms with van der Waals surface area (Å²) in [6.45, 7) is 1.28. The van der Waals surface area contributed by atoms with E-state index >= 15 is 0 Å². The van der Waals surface area contributed by atoms with Gasteiger partial charge in [0.25, 0.3) is 5.91 Å². The van der Waals surface area contributed by atoms with Crippen LogP contribution in [-0.2, 0) is 24.2 Å². The fourth-order valence-electron chi connectivity index (χ4n) is 4.66. The average molecular weight is 500 g/mol. The topological polar surface area (TPSA) is 83.4 Å². The van der Waals surface area contributed by atoms with Crippen LogP contribution in [0, 0.1) is 0 Å². The Bertz CT molecular complexity index is 1440. The molecule has 0 atom stereocenters. The normalized spacial score (nSPS) is 13.0. The maximum Gasteiger partial charge on any atom is 0.303 e. The van der Waals surface area contributed by atoms with Crippen molar-refractivity contribution in [2.75, 3.05) is 6.54 Å². The fraction of sp³-hybridized carbons (Fsp3) is 0.241. The van der Waals surface area contributed by atoms with E-state index < -0.39 is 5.97 Å². The minimum Gasteiger partial charge on any atom is -0.481 e. The number of aliphatic carboxylic acids is 1. The molecule has 1 aliphatic heterocycles. The number of hydrogen-bond donors (Lipinski definition) is 1. The van der Waals surface area contributed by atoms with Gasteiger partial charge in [0.15, 0.2) is 0 Å². The Morgan fingerprint density at radius 1 is 0.917 bits per heavy atom. The van der Waals surface area contributed by atoms with Crippen molar-refractivity contribution in [1.29, 1.82) is 0 Å². The van der Waals surface area contributed by atoms with Gasteiger partial charge in [0.2, 0.25) is 0 Å². The molecule has 0 unspecified atom stereocenters. The lowest BCUT2D eigenvalue weighted by atomic mass is 9.99. The van der Waals surface area contributed by atoms with E-state index in [0.717, 1.165) is 23.4 Å². The number of carbonyl (C=O) groups is 2. The van der Waals surface area contributed by atoms with Crippen LogP contribution in [0.3, 0.4) is 0 Å². The van der Waals surface area contributed by atoms with E-state index in [4.69, 9.17) is 26.7 Å². The second kappa shape index (κ2) is 10.5. The molecule has 0 fully saturated rings. The molecule has 6 nitrogen and oxygen atoms in total. The number of unbranched alkanes of at least 4 members (excludes halogenated alkanes) is 1. The molecule has 0 spiro atoms. The van der Waals surface area contributed by atoms with Crippen LogP contribution in [0.25, 0.3) is 22.3 Å². The highest BCUT2D eigenvalue weighted by Crippen LogP contribution is 2.27. The maximum absolute atomic E-state index is 13.3. The van der Waals surface area contributed by atoms with E-state index in [2.05, 4.69) is 12.1 Å². The number of nitrogens with zero attached hydrogens (tertiary/aromatic N) is 3. The molecule has 0 radical (unpaired) electrons. The quantitative estimate of drug-likeness (QED) is 0.318. The van der Waals surface area contributed by atoms with E-state index in [1.807, 2.05) is 59.5 Å². The molecule has 36 heavy (non-hydrogen) atoms. The SMILES string of the molecule is O=C(O)CCCCc1nc2cc(C(=O)N3CCc4ccccc4C3)ccc2nc1-c1ccc(Cl)cc1. The van der Waals surface area contributed by atoms with E-state index in [0.29, 0.717) is 54.0 Å². The van der Waals surface area contributed by atoms with Gasteiger partial charge in [-0.25, -0.2) is 9.97 Å². The van der Waals surface area contributed by atoms with Gasteiger partial charge in [-0.05, 0) is 67.1 Å². The predicted molar refractivity (Wildman–Crippen MR) is 140 cm³/mol. The van der Waals surface area contributed by atoms with Crippen LogP contribution in [0.1, 0.15) is 46.4 Å². The van der Waals surface area contributed by atoms with Crippen molar-refractivity contribution >= 4 is 34.5 Å². The lowest BCUT2D eigenvalue weighted by molar-refractivity contribution is -0.137. The molecular weight excluding hydrogens is 474 g/mol. The van der Waals surface area contributed by atoms with Crippen molar-refractivity contribution in [2.24, 2.45) is 0 Å². The number of carboxylic acid groups (broad SMARTS) is 1. The van der Waals surface area contributed by atoms with Crippen LogP contribution >= 0.6 is 11.6 Å². The van der Waals surface area contributed by atoms with E-state index in [1.54, 1.807) is 0 Å². The molecule has 3 aromatic carbocycles. The molecule has 1 N–H and O–H groups in total. The zero-order valence-corrected chi connectivity index (χ0v) is 20.5. The van der Waals surface area contributed by atoms with Crippen molar-refractivity contribution < 1.29 is 14.7 Å². The summed E-state index contributed by atoms with van der Waals surface area (Å²) in [5.74, 6) is -0.820. The van der Waals surface area contributed by atoms with Crippen LogP contribution in [0.15, 0.2) is 66.7 Å². The number of amides is 1. The molecule has 182 valence electrons. The van der Waals surface area contributed by atoms with Gasteiger partial charge in [0.05, 0.1) is 22.4 Å². The van der Waals surface area contributed by atoms with Gasteiger partial charge < -0.3 is 10.0 Å². The summed E-state index contributed by atoms with van der Waals surface area (Å²) in [5, 5.41) is 9.62. The van der Waals surface area contributed by atoms with Gasteiger partial charge in [-0.15, -0.1) is 0 Å². The highest BCUT2D eigenvalue weighted by molar-refractivity contribution is 6.30. The smallest absolute Gasteiger partial charge is 0.303 e. The molecule has 7 heteroatoms. The number of halogens is 1. The molecule has 0 saturated carbocycles.